The van der Waals surface area contributed by atoms with Crippen LogP contribution in [0.3, 0.4) is 0 Å². The number of rotatable bonds is 2. The summed E-state index contributed by atoms with van der Waals surface area (Å²) in [6, 6.07) is 0. The minimum atomic E-state index is -2.13. The minimum absolute atomic E-state index is 0.199. The molecular weight excluding hydrogens is 127 g/mol. The first-order valence-electron chi connectivity index (χ1n) is 2.49. The molecule has 1 aliphatic carbocycles. The van der Waals surface area contributed by atoms with Gasteiger partial charge in [0.1, 0.15) is 0 Å². The third kappa shape index (κ3) is 1.67. The van der Waals surface area contributed by atoms with Gasteiger partial charge < -0.3 is 14.3 Å². The highest BCUT2D eigenvalue weighted by Crippen LogP contribution is 2.47. The van der Waals surface area contributed by atoms with Crippen LogP contribution in [0.25, 0.3) is 0 Å². The average Bonchev–Trinajstić information content (AvgIpc) is 2.17. The Morgan fingerprint density at radius 3 is 2.12 bits per heavy atom. The molecule has 0 atom stereocenters. The highest BCUT2D eigenvalue weighted by atomic mass is 31.2. The predicted octanol–water partition coefficient (Wildman–Crippen LogP) is 0.767. The van der Waals surface area contributed by atoms with Crippen LogP contribution in [-0.2, 0) is 4.52 Å². The Morgan fingerprint density at radius 2 is 2.00 bits per heavy atom. The molecule has 0 unspecified atom stereocenters. The van der Waals surface area contributed by atoms with E-state index in [1.807, 2.05) is 6.92 Å². The van der Waals surface area contributed by atoms with Crippen molar-refractivity contribution in [2.24, 2.45) is 0 Å². The second-order valence-electron chi connectivity index (χ2n) is 2.29. The molecular formula is C4H9O3P. The standard InChI is InChI=1S/C4H9O3P/c1-4(2-3-4)7-8(5)6/h5-6H,2-3H2,1H3. The zero-order valence-electron chi connectivity index (χ0n) is 4.66. The maximum atomic E-state index is 8.33. The van der Waals surface area contributed by atoms with Crippen molar-refractivity contribution in [1.82, 2.24) is 0 Å². The number of hydrogen-bond donors (Lipinski definition) is 2. The normalized spacial score (nSPS) is 24.0. The van der Waals surface area contributed by atoms with E-state index < -0.39 is 8.60 Å². The highest BCUT2D eigenvalue weighted by molar-refractivity contribution is 7.39. The van der Waals surface area contributed by atoms with Crippen LogP contribution in [0.5, 0.6) is 0 Å². The number of hydrogen-bond acceptors (Lipinski definition) is 3. The lowest BCUT2D eigenvalue weighted by Crippen LogP contribution is -2.02. The Hall–Kier alpha value is 0.310. The molecule has 0 radical (unpaired) electrons. The quantitative estimate of drug-likeness (QED) is 0.551. The van der Waals surface area contributed by atoms with Crippen LogP contribution >= 0.6 is 8.60 Å². The molecule has 0 aromatic heterocycles. The van der Waals surface area contributed by atoms with Crippen molar-refractivity contribution in [2.45, 2.75) is 25.4 Å². The first-order valence-corrected chi connectivity index (χ1v) is 3.66. The molecule has 0 bridgehead atoms. The summed E-state index contributed by atoms with van der Waals surface area (Å²) in [6.45, 7) is 1.87. The van der Waals surface area contributed by atoms with E-state index in [2.05, 4.69) is 0 Å². The molecule has 1 rings (SSSR count). The summed E-state index contributed by atoms with van der Waals surface area (Å²) in [5.74, 6) is 0. The van der Waals surface area contributed by atoms with E-state index in [1.54, 1.807) is 0 Å². The van der Waals surface area contributed by atoms with Gasteiger partial charge in [-0.25, -0.2) is 0 Å². The molecule has 4 heteroatoms. The summed E-state index contributed by atoms with van der Waals surface area (Å²) in [6.07, 6.45) is 1.90. The summed E-state index contributed by atoms with van der Waals surface area (Å²) in [4.78, 5) is 16.7. The van der Waals surface area contributed by atoms with Gasteiger partial charge in [-0.15, -0.1) is 0 Å². The molecule has 8 heavy (non-hydrogen) atoms. The van der Waals surface area contributed by atoms with E-state index in [4.69, 9.17) is 14.3 Å². The third-order valence-corrected chi connectivity index (χ3v) is 1.86. The minimum Gasteiger partial charge on any atom is -0.328 e. The molecule has 3 nitrogen and oxygen atoms in total. The largest absolute Gasteiger partial charge is 0.328 e. The molecule has 0 aromatic carbocycles. The monoisotopic (exact) mass is 136 g/mol. The summed E-state index contributed by atoms with van der Waals surface area (Å²) < 4.78 is 4.72. The van der Waals surface area contributed by atoms with Gasteiger partial charge in [0.25, 0.3) is 0 Å². The fourth-order valence-corrected chi connectivity index (χ4v) is 1.04. The molecule has 48 valence electrons. The van der Waals surface area contributed by atoms with Gasteiger partial charge in [0.15, 0.2) is 0 Å². The van der Waals surface area contributed by atoms with Gasteiger partial charge in [0.2, 0.25) is 0 Å². The summed E-state index contributed by atoms with van der Waals surface area (Å²) >= 11 is 0. The lowest BCUT2D eigenvalue weighted by Gasteiger charge is -2.08. The first-order chi connectivity index (χ1) is 3.62. The van der Waals surface area contributed by atoms with Crippen molar-refractivity contribution in [2.75, 3.05) is 0 Å². The van der Waals surface area contributed by atoms with Crippen LogP contribution in [0.1, 0.15) is 19.8 Å². The lowest BCUT2D eigenvalue weighted by molar-refractivity contribution is 0.167. The molecule has 1 saturated carbocycles. The SMILES string of the molecule is CC1(OP(O)O)CC1. The van der Waals surface area contributed by atoms with Gasteiger partial charge in [0, 0.05) is 0 Å². The Bertz CT molecular complexity index is 89.3. The van der Waals surface area contributed by atoms with E-state index in [-0.39, 0.29) is 5.60 Å². The van der Waals surface area contributed by atoms with E-state index in [1.165, 1.54) is 0 Å². The van der Waals surface area contributed by atoms with Gasteiger partial charge in [-0.2, -0.15) is 0 Å². The van der Waals surface area contributed by atoms with E-state index in [0.29, 0.717) is 0 Å². The van der Waals surface area contributed by atoms with E-state index in [9.17, 15) is 0 Å². The smallest absolute Gasteiger partial charge is 0.327 e. The Labute approximate surface area is 49.3 Å². The average molecular weight is 136 g/mol. The molecule has 2 N–H and O–H groups in total. The van der Waals surface area contributed by atoms with Gasteiger partial charge in [-0.1, -0.05) is 0 Å². The first kappa shape index (κ1) is 6.43. The second kappa shape index (κ2) is 1.92. The Kier molecular flexibility index (Phi) is 1.54. The molecule has 0 heterocycles. The molecule has 1 fully saturated rings. The van der Waals surface area contributed by atoms with Crippen molar-refractivity contribution in [3.05, 3.63) is 0 Å². The molecule has 1 aliphatic rings. The van der Waals surface area contributed by atoms with Crippen LogP contribution in [0.15, 0.2) is 0 Å². The summed E-state index contributed by atoms with van der Waals surface area (Å²) in [7, 11) is -2.13. The van der Waals surface area contributed by atoms with Crippen molar-refractivity contribution >= 4 is 8.60 Å². The maximum absolute atomic E-state index is 8.33. The van der Waals surface area contributed by atoms with Crippen molar-refractivity contribution in [3.8, 4) is 0 Å². The fraction of sp³-hybridized carbons (Fsp3) is 1.00. The maximum Gasteiger partial charge on any atom is 0.327 e. The molecule has 0 amide bonds. The fourth-order valence-electron chi connectivity index (χ4n) is 0.464. The Morgan fingerprint density at radius 1 is 1.50 bits per heavy atom. The van der Waals surface area contributed by atoms with Gasteiger partial charge >= 0.3 is 8.60 Å². The summed E-state index contributed by atoms with van der Waals surface area (Å²) in [5.41, 5.74) is -0.199. The van der Waals surface area contributed by atoms with Crippen LogP contribution in [-0.4, -0.2) is 15.4 Å². The highest BCUT2D eigenvalue weighted by Gasteiger charge is 2.40. The lowest BCUT2D eigenvalue weighted by atomic mass is 10.4. The van der Waals surface area contributed by atoms with Crippen molar-refractivity contribution < 1.29 is 14.3 Å². The third-order valence-electron chi connectivity index (χ3n) is 1.26. The van der Waals surface area contributed by atoms with Crippen LogP contribution in [0, 0.1) is 0 Å². The topological polar surface area (TPSA) is 49.7 Å². The van der Waals surface area contributed by atoms with E-state index in [0.717, 1.165) is 12.8 Å². The molecule has 0 saturated heterocycles. The second-order valence-corrected chi connectivity index (χ2v) is 2.98. The molecule has 0 aromatic rings. The van der Waals surface area contributed by atoms with Gasteiger partial charge in [-0.3, -0.25) is 0 Å². The zero-order valence-corrected chi connectivity index (χ0v) is 5.56. The van der Waals surface area contributed by atoms with Crippen LogP contribution in [0.4, 0.5) is 0 Å². The van der Waals surface area contributed by atoms with Gasteiger partial charge in [-0.05, 0) is 19.8 Å². The van der Waals surface area contributed by atoms with Crippen LogP contribution < -0.4 is 0 Å². The predicted molar refractivity (Wildman–Crippen MR) is 30.1 cm³/mol. The molecule has 0 aliphatic heterocycles. The van der Waals surface area contributed by atoms with Crippen LogP contribution in [0.2, 0.25) is 0 Å². The van der Waals surface area contributed by atoms with E-state index >= 15 is 0 Å². The van der Waals surface area contributed by atoms with Crippen molar-refractivity contribution in [3.63, 3.8) is 0 Å². The Balaban J connectivity index is 2.19. The zero-order chi connectivity index (χ0) is 6.20. The van der Waals surface area contributed by atoms with Gasteiger partial charge in [0.05, 0.1) is 5.60 Å². The molecule has 0 spiro atoms. The summed E-state index contributed by atoms with van der Waals surface area (Å²) in [5, 5.41) is 0. The van der Waals surface area contributed by atoms with Crippen molar-refractivity contribution in [1.29, 1.82) is 0 Å².